The van der Waals surface area contributed by atoms with E-state index in [0.29, 0.717) is 13.0 Å². The molecule has 1 N–H and O–H groups in total. The normalized spacial score (nSPS) is 12.4. The summed E-state index contributed by atoms with van der Waals surface area (Å²) in [6.07, 6.45) is 4.52. The van der Waals surface area contributed by atoms with Crippen LogP contribution in [0.5, 0.6) is 5.75 Å². The molecule has 0 radical (unpaired) electrons. The number of hydrogen-bond acceptors (Lipinski definition) is 5. The van der Waals surface area contributed by atoms with E-state index < -0.39 is 10.1 Å². The molecule has 0 spiro atoms. The lowest BCUT2D eigenvalue weighted by atomic mass is 10.0. The Morgan fingerprint density at radius 2 is 1.88 bits per heavy atom. The molecule has 5 aromatic rings. The number of ether oxygens (including phenoxy) is 1. The fraction of sp³-hybridized carbons (Fsp3) is 0.160. The van der Waals surface area contributed by atoms with Gasteiger partial charge in [0.1, 0.15) is 15.1 Å². The van der Waals surface area contributed by atoms with Crippen molar-refractivity contribution in [1.29, 1.82) is 0 Å². The van der Waals surface area contributed by atoms with Gasteiger partial charge in [0.05, 0.1) is 12.9 Å². The summed E-state index contributed by atoms with van der Waals surface area (Å²) in [7, 11) is -2.34. The van der Waals surface area contributed by atoms with E-state index in [9.17, 15) is 13.0 Å². The van der Waals surface area contributed by atoms with Crippen LogP contribution in [0.3, 0.4) is 0 Å². The molecule has 0 amide bonds. The number of methoxy groups -OCH3 is 1. The predicted octanol–water partition coefficient (Wildman–Crippen LogP) is 6.01. The number of thiophene rings is 1. The minimum absolute atomic E-state index is 0.270. The number of nitrogens with zero attached hydrogens (tertiary/aromatic N) is 1. The minimum atomic E-state index is -4.01. The second-order valence-corrected chi connectivity index (χ2v) is 11.3. The van der Waals surface area contributed by atoms with E-state index in [-0.39, 0.29) is 5.75 Å². The number of fused-ring (bicyclic) bond motifs is 4. The molecular formula is C25H22NO4S3+. The van der Waals surface area contributed by atoms with Gasteiger partial charge in [-0.3, -0.25) is 4.55 Å². The number of thiazole rings is 1. The molecule has 0 aliphatic rings. The molecule has 2 heterocycles. The highest BCUT2D eigenvalue weighted by Gasteiger charge is 2.24. The molecule has 0 aliphatic heterocycles. The predicted molar refractivity (Wildman–Crippen MR) is 138 cm³/mol. The smallest absolute Gasteiger partial charge is 0.265 e. The summed E-state index contributed by atoms with van der Waals surface area (Å²) < 4.78 is 41.8. The van der Waals surface area contributed by atoms with Gasteiger partial charge >= 0.3 is 0 Å². The van der Waals surface area contributed by atoms with Crippen LogP contribution in [0.4, 0.5) is 0 Å². The number of hydrogen-bond donors (Lipinski definition) is 1. The molecule has 0 saturated carbocycles. The van der Waals surface area contributed by atoms with Gasteiger partial charge in [0.25, 0.3) is 15.1 Å². The molecule has 0 fully saturated rings. The van der Waals surface area contributed by atoms with E-state index in [4.69, 9.17) is 4.74 Å². The van der Waals surface area contributed by atoms with Gasteiger partial charge in [0.2, 0.25) is 5.52 Å². The van der Waals surface area contributed by atoms with Gasteiger partial charge in [-0.25, -0.2) is 0 Å². The molecule has 8 heteroatoms. The van der Waals surface area contributed by atoms with Crippen molar-refractivity contribution in [3.05, 3.63) is 70.5 Å². The Balaban J connectivity index is 1.65. The Morgan fingerprint density at radius 1 is 1.06 bits per heavy atom. The SMILES string of the molecule is COc1cc2sc(C=Cc3cccc4ccccc34)[n+](CCCS(=O)(=O)O)c2c2sccc12. The molecule has 3 aromatic carbocycles. The molecule has 168 valence electrons. The third-order valence-electron chi connectivity index (χ3n) is 5.62. The van der Waals surface area contributed by atoms with Gasteiger partial charge in [-0.15, -0.1) is 11.3 Å². The maximum Gasteiger partial charge on any atom is 0.265 e. The van der Waals surface area contributed by atoms with E-state index >= 15 is 0 Å². The van der Waals surface area contributed by atoms with E-state index in [1.165, 1.54) is 10.8 Å². The molecule has 2 aromatic heterocycles. The molecule has 0 unspecified atom stereocenters. The molecule has 5 nitrogen and oxygen atoms in total. The average molecular weight is 497 g/mol. The van der Waals surface area contributed by atoms with E-state index in [2.05, 4.69) is 41.0 Å². The zero-order valence-electron chi connectivity index (χ0n) is 17.9. The van der Waals surface area contributed by atoms with Gasteiger partial charge in [0, 0.05) is 23.9 Å². The summed E-state index contributed by atoms with van der Waals surface area (Å²) in [6, 6.07) is 18.6. The van der Waals surface area contributed by atoms with Crippen LogP contribution in [-0.4, -0.2) is 25.8 Å². The lowest BCUT2D eigenvalue weighted by Crippen LogP contribution is -2.36. The Hall–Kier alpha value is -2.78. The van der Waals surface area contributed by atoms with Gasteiger partial charge in [-0.2, -0.15) is 13.0 Å². The standard InChI is InChI=1S/C25H21NO4S3/c1-30-21-16-22-24(25-20(21)12-14-31-25)26(13-5-15-33(27,28)29)23(32-22)11-10-18-8-4-7-17-6-2-3-9-19(17)18/h2-4,6-12,14,16H,5,13,15H2,1H3/p+1. The number of aryl methyl sites for hydroxylation is 1. The first kappa shape index (κ1) is 22.0. The summed E-state index contributed by atoms with van der Waals surface area (Å²) in [5.41, 5.74) is 2.19. The van der Waals surface area contributed by atoms with Crippen molar-refractivity contribution in [3.63, 3.8) is 0 Å². The van der Waals surface area contributed by atoms with Crippen molar-refractivity contribution in [2.24, 2.45) is 0 Å². The Morgan fingerprint density at radius 3 is 2.70 bits per heavy atom. The maximum atomic E-state index is 11.3. The van der Waals surface area contributed by atoms with Gasteiger partial charge in [0.15, 0.2) is 6.54 Å². The molecule has 0 saturated heterocycles. The average Bonchev–Trinajstić information content (AvgIpc) is 3.41. The summed E-state index contributed by atoms with van der Waals surface area (Å²) in [5.74, 6) is 0.558. The Labute approximate surface area is 199 Å². The van der Waals surface area contributed by atoms with Crippen LogP contribution >= 0.6 is 22.7 Å². The van der Waals surface area contributed by atoms with Crippen molar-refractivity contribution in [2.45, 2.75) is 13.0 Å². The highest BCUT2D eigenvalue weighted by Crippen LogP contribution is 2.38. The largest absolute Gasteiger partial charge is 0.496 e. The van der Waals surface area contributed by atoms with E-state index in [0.717, 1.165) is 36.6 Å². The maximum absolute atomic E-state index is 11.3. The third kappa shape index (κ3) is 4.39. The molecule has 0 atom stereocenters. The fourth-order valence-electron chi connectivity index (χ4n) is 4.15. The second-order valence-electron chi connectivity index (χ2n) is 7.72. The van der Waals surface area contributed by atoms with Crippen LogP contribution < -0.4 is 9.30 Å². The molecule has 0 bridgehead atoms. The van der Waals surface area contributed by atoms with Gasteiger partial charge < -0.3 is 4.74 Å². The van der Waals surface area contributed by atoms with Crippen LogP contribution in [0.2, 0.25) is 0 Å². The van der Waals surface area contributed by atoms with E-state index in [1.54, 1.807) is 29.8 Å². The van der Waals surface area contributed by atoms with Crippen LogP contribution in [0.1, 0.15) is 17.0 Å². The summed E-state index contributed by atoms with van der Waals surface area (Å²) in [4.78, 5) is 0. The number of aromatic nitrogens is 1. The van der Waals surface area contributed by atoms with Crippen LogP contribution in [-0.2, 0) is 16.7 Å². The molecule has 33 heavy (non-hydrogen) atoms. The summed E-state index contributed by atoms with van der Waals surface area (Å²) in [6.45, 7) is 0.480. The number of rotatable bonds is 7. The lowest BCUT2D eigenvalue weighted by molar-refractivity contribution is -0.667. The molecule has 5 rings (SSSR count). The number of benzene rings is 3. The highest BCUT2D eigenvalue weighted by molar-refractivity contribution is 7.85. The quantitative estimate of drug-likeness (QED) is 0.221. The third-order valence-corrected chi connectivity index (χ3v) is 8.45. The zero-order chi connectivity index (χ0) is 23.0. The summed E-state index contributed by atoms with van der Waals surface area (Å²) in [5, 5.41) is 6.45. The lowest BCUT2D eigenvalue weighted by Gasteiger charge is -2.02. The van der Waals surface area contributed by atoms with Crippen LogP contribution in [0, 0.1) is 0 Å². The molecular weight excluding hydrogens is 474 g/mol. The minimum Gasteiger partial charge on any atom is -0.496 e. The Bertz CT molecular complexity index is 1610. The van der Waals surface area contributed by atoms with Crippen molar-refractivity contribution < 1.29 is 22.3 Å². The first-order valence-electron chi connectivity index (χ1n) is 10.5. The second kappa shape index (κ2) is 8.87. The monoisotopic (exact) mass is 496 g/mol. The highest BCUT2D eigenvalue weighted by atomic mass is 32.2. The zero-order valence-corrected chi connectivity index (χ0v) is 20.3. The summed E-state index contributed by atoms with van der Waals surface area (Å²) >= 11 is 3.29. The van der Waals surface area contributed by atoms with Gasteiger partial charge in [-0.1, -0.05) is 53.8 Å². The Kier molecular flexibility index (Phi) is 5.92. The van der Waals surface area contributed by atoms with Crippen molar-refractivity contribution in [2.75, 3.05) is 12.9 Å². The van der Waals surface area contributed by atoms with E-state index in [1.807, 2.05) is 35.7 Å². The van der Waals surface area contributed by atoms with Crippen molar-refractivity contribution >= 4 is 76.0 Å². The topological polar surface area (TPSA) is 67.5 Å². The fourth-order valence-corrected chi connectivity index (χ4v) is 6.81. The van der Waals surface area contributed by atoms with Crippen molar-refractivity contribution in [3.8, 4) is 5.75 Å². The molecule has 0 aliphatic carbocycles. The first-order valence-corrected chi connectivity index (χ1v) is 13.8. The van der Waals surface area contributed by atoms with Gasteiger partial charge in [-0.05, 0) is 33.9 Å². The van der Waals surface area contributed by atoms with Crippen LogP contribution in [0.25, 0.3) is 43.2 Å². The van der Waals surface area contributed by atoms with Crippen molar-refractivity contribution in [1.82, 2.24) is 0 Å². The first-order chi connectivity index (χ1) is 15.9. The van der Waals surface area contributed by atoms with Crippen LogP contribution in [0.15, 0.2) is 60.0 Å².